The van der Waals surface area contributed by atoms with Crippen LogP contribution in [-0.2, 0) is 4.74 Å². The number of aromatic nitrogens is 1. The molecule has 0 saturated carbocycles. The molecule has 0 aliphatic heterocycles. The van der Waals surface area contributed by atoms with Gasteiger partial charge in [-0.15, -0.1) is 0 Å². The first-order chi connectivity index (χ1) is 9.88. The second-order valence-electron chi connectivity index (χ2n) is 4.56. The molecule has 120 valence electrons. The lowest BCUT2D eigenvalue weighted by Crippen LogP contribution is -2.35. The van der Waals surface area contributed by atoms with Crippen LogP contribution in [0, 0.1) is 0 Å². The van der Waals surface area contributed by atoms with Crippen LogP contribution in [-0.4, -0.2) is 37.1 Å². The van der Waals surface area contributed by atoms with Gasteiger partial charge in [-0.2, -0.15) is 8.78 Å². The van der Waals surface area contributed by atoms with Crippen LogP contribution in [0.2, 0.25) is 0 Å². The Morgan fingerprint density at radius 2 is 2.14 bits per heavy atom. The van der Waals surface area contributed by atoms with Gasteiger partial charge < -0.3 is 15.8 Å². The second kappa shape index (κ2) is 8.14. The summed E-state index contributed by atoms with van der Waals surface area (Å²) in [7, 11) is 0. The number of halogens is 4. The highest BCUT2D eigenvalue weighted by Gasteiger charge is 2.41. The van der Waals surface area contributed by atoms with Gasteiger partial charge in [-0.1, -0.05) is 13.0 Å². The maximum Gasteiger partial charge on any atom is 0.330 e. The number of ether oxygens (including phenoxy) is 1. The third-order valence-corrected chi connectivity index (χ3v) is 2.79. The average molecular weight is 309 g/mol. The third-order valence-electron chi connectivity index (χ3n) is 2.79. The van der Waals surface area contributed by atoms with E-state index in [9.17, 15) is 17.6 Å². The first kappa shape index (κ1) is 17.6. The zero-order valence-corrected chi connectivity index (χ0v) is 11.7. The summed E-state index contributed by atoms with van der Waals surface area (Å²) in [5.41, 5.74) is 6.31. The van der Waals surface area contributed by atoms with Crippen LogP contribution in [0.15, 0.2) is 18.3 Å². The standard InChI is InChI=1S/C13H19F4N3O/c1-2-5-19-10(9-4-3-6-20-11(9)18)7-21-8-13(16,17)12(14)15/h3-4,6,10,12,19H,2,5,7-8H2,1H3,(H2,18,20). The fourth-order valence-corrected chi connectivity index (χ4v) is 1.68. The smallest absolute Gasteiger partial charge is 0.330 e. The fraction of sp³-hybridized carbons (Fsp3) is 0.615. The van der Waals surface area contributed by atoms with E-state index in [1.807, 2.05) is 6.92 Å². The maximum atomic E-state index is 12.8. The van der Waals surface area contributed by atoms with Gasteiger partial charge in [0.2, 0.25) is 0 Å². The molecule has 0 fully saturated rings. The Bertz CT molecular complexity index is 432. The minimum absolute atomic E-state index is 0.196. The molecule has 1 heterocycles. The van der Waals surface area contributed by atoms with E-state index in [0.29, 0.717) is 12.1 Å². The Kier molecular flexibility index (Phi) is 6.83. The van der Waals surface area contributed by atoms with Crippen molar-refractivity contribution < 1.29 is 22.3 Å². The largest absolute Gasteiger partial charge is 0.383 e. The lowest BCUT2D eigenvalue weighted by atomic mass is 10.1. The van der Waals surface area contributed by atoms with Crippen molar-refractivity contribution in [1.82, 2.24) is 10.3 Å². The van der Waals surface area contributed by atoms with Gasteiger partial charge in [0.05, 0.1) is 12.6 Å². The number of hydrogen-bond acceptors (Lipinski definition) is 4. The Morgan fingerprint density at radius 1 is 1.43 bits per heavy atom. The van der Waals surface area contributed by atoms with Gasteiger partial charge in [-0.3, -0.25) is 0 Å². The summed E-state index contributed by atoms with van der Waals surface area (Å²) in [4.78, 5) is 3.91. The van der Waals surface area contributed by atoms with Gasteiger partial charge in [0, 0.05) is 11.8 Å². The molecule has 0 aromatic carbocycles. The van der Waals surface area contributed by atoms with Crippen molar-refractivity contribution in [3.8, 4) is 0 Å². The highest BCUT2D eigenvalue weighted by Crippen LogP contribution is 2.24. The van der Waals surface area contributed by atoms with Gasteiger partial charge in [-0.05, 0) is 19.0 Å². The predicted octanol–water partition coefficient (Wildman–Crippen LogP) is 2.62. The molecule has 0 aliphatic rings. The molecule has 1 aromatic heterocycles. The van der Waals surface area contributed by atoms with Crippen molar-refractivity contribution >= 4 is 5.82 Å². The maximum absolute atomic E-state index is 12.8. The minimum Gasteiger partial charge on any atom is -0.383 e. The fourth-order valence-electron chi connectivity index (χ4n) is 1.68. The predicted molar refractivity (Wildman–Crippen MR) is 71.5 cm³/mol. The molecule has 4 nitrogen and oxygen atoms in total. The zero-order valence-electron chi connectivity index (χ0n) is 11.7. The van der Waals surface area contributed by atoms with Crippen molar-refractivity contribution in [2.24, 2.45) is 0 Å². The summed E-state index contributed by atoms with van der Waals surface area (Å²) < 4.78 is 54.5. The number of pyridine rings is 1. The van der Waals surface area contributed by atoms with Crippen LogP contribution in [0.4, 0.5) is 23.4 Å². The molecule has 0 spiro atoms. The van der Waals surface area contributed by atoms with Gasteiger partial charge in [-0.25, -0.2) is 13.8 Å². The molecule has 21 heavy (non-hydrogen) atoms. The first-order valence-electron chi connectivity index (χ1n) is 6.56. The molecule has 0 saturated heterocycles. The Balaban J connectivity index is 2.65. The number of nitrogens with one attached hydrogen (secondary N) is 1. The summed E-state index contributed by atoms with van der Waals surface area (Å²) in [6.07, 6.45) is -1.44. The van der Waals surface area contributed by atoms with E-state index < -0.39 is 25.0 Å². The molecule has 8 heteroatoms. The zero-order chi connectivity index (χ0) is 15.9. The minimum atomic E-state index is -4.16. The summed E-state index contributed by atoms with van der Waals surface area (Å²) in [6, 6.07) is 2.86. The normalized spacial score (nSPS) is 13.6. The van der Waals surface area contributed by atoms with Crippen LogP contribution in [0.3, 0.4) is 0 Å². The Morgan fingerprint density at radius 3 is 2.71 bits per heavy atom. The van der Waals surface area contributed by atoms with E-state index in [-0.39, 0.29) is 12.4 Å². The highest BCUT2D eigenvalue weighted by atomic mass is 19.3. The summed E-state index contributed by atoms with van der Waals surface area (Å²) >= 11 is 0. The summed E-state index contributed by atoms with van der Waals surface area (Å²) in [6.45, 7) is 1.00. The SMILES string of the molecule is CCCNC(COCC(F)(F)C(F)F)c1cccnc1N. The molecule has 1 unspecified atom stereocenters. The molecule has 3 N–H and O–H groups in total. The lowest BCUT2D eigenvalue weighted by Gasteiger charge is -2.22. The molecular formula is C13H19F4N3O. The Hall–Kier alpha value is -1.41. The topological polar surface area (TPSA) is 60.2 Å². The van der Waals surface area contributed by atoms with Crippen LogP contribution in [0.25, 0.3) is 0 Å². The van der Waals surface area contributed by atoms with E-state index >= 15 is 0 Å². The average Bonchev–Trinajstić information content (AvgIpc) is 2.43. The first-order valence-corrected chi connectivity index (χ1v) is 6.56. The lowest BCUT2D eigenvalue weighted by molar-refractivity contribution is -0.167. The van der Waals surface area contributed by atoms with E-state index in [0.717, 1.165) is 6.42 Å². The second-order valence-corrected chi connectivity index (χ2v) is 4.56. The van der Waals surface area contributed by atoms with Gasteiger partial charge in [0.15, 0.2) is 0 Å². The number of nitrogens with two attached hydrogens (primary N) is 1. The number of alkyl halides is 4. The van der Waals surface area contributed by atoms with Crippen LogP contribution < -0.4 is 11.1 Å². The monoisotopic (exact) mass is 309 g/mol. The van der Waals surface area contributed by atoms with Crippen molar-refractivity contribution in [2.75, 3.05) is 25.5 Å². The molecule has 0 bridgehead atoms. The number of nitrogens with zero attached hydrogens (tertiary/aromatic N) is 1. The molecule has 1 atom stereocenters. The summed E-state index contributed by atoms with van der Waals surface area (Å²) in [5, 5.41) is 3.06. The summed E-state index contributed by atoms with van der Waals surface area (Å²) in [5.74, 6) is -3.91. The van der Waals surface area contributed by atoms with Gasteiger partial charge >= 0.3 is 12.3 Å². The molecule has 0 radical (unpaired) electrons. The molecule has 0 amide bonds. The van der Waals surface area contributed by atoms with E-state index in [4.69, 9.17) is 10.5 Å². The highest BCUT2D eigenvalue weighted by molar-refractivity contribution is 5.40. The number of rotatable bonds is 9. The quantitative estimate of drug-likeness (QED) is 0.688. The van der Waals surface area contributed by atoms with Crippen LogP contribution in [0.1, 0.15) is 24.9 Å². The molecular weight excluding hydrogens is 290 g/mol. The Labute approximate surface area is 120 Å². The van der Waals surface area contributed by atoms with Crippen LogP contribution >= 0.6 is 0 Å². The number of hydrogen-bond donors (Lipinski definition) is 2. The van der Waals surface area contributed by atoms with E-state index in [2.05, 4.69) is 10.3 Å². The van der Waals surface area contributed by atoms with Crippen molar-refractivity contribution in [3.05, 3.63) is 23.9 Å². The van der Waals surface area contributed by atoms with Crippen molar-refractivity contribution in [1.29, 1.82) is 0 Å². The third kappa shape index (κ3) is 5.47. The van der Waals surface area contributed by atoms with Crippen molar-refractivity contribution in [3.63, 3.8) is 0 Å². The van der Waals surface area contributed by atoms with Gasteiger partial charge in [0.1, 0.15) is 12.4 Å². The molecule has 1 aromatic rings. The van der Waals surface area contributed by atoms with Crippen LogP contribution in [0.5, 0.6) is 0 Å². The van der Waals surface area contributed by atoms with E-state index in [1.165, 1.54) is 6.20 Å². The molecule has 0 aliphatic carbocycles. The van der Waals surface area contributed by atoms with Gasteiger partial charge in [0.25, 0.3) is 0 Å². The van der Waals surface area contributed by atoms with E-state index in [1.54, 1.807) is 12.1 Å². The number of anilines is 1. The molecule has 1 rings (SSSR count). The number of nitrogen functional groups attached to an aromatic ring is 1. The van der Waals surface area contributed by atoms with Crippen molar-refractivity contribution in [2.45, 2.75) is 31.7 Å².